The average Bonchev–Trinajstić information content (AvgIpc) is 2.84. The maximum absolute atomic E-state index is 4.77. The van der Waals surface area contributed by atoms with Crippen LogP contribution in [-0.4, -0.2) is 31.2 Å². The highest BCUT2D eigenvalue weighted by Crippen LogP contribution is 2.33. The van der Waals surface area contributed by atoms with E-state index in [2.05, 4.69) is 63.6 Å². The highest BCUT2D eigenvalue weighted by molar-refractivity contribution is 5.99. The third-order valence-electron chi connectivity index (χ3n) is 6.60. The molecule has 4 heteroatoms. The van der Waals surface area contributed by atoms with Crippen LogP contribution >= 0.6 is 0 Å². The zero-order valence-electron chi connectivity index (χ0n) is 17.8. The van der Waals surface area contributed by atoms with Gasteiger partial charge in [0.15, 0.2) is 0 Å². The SMILES string of the molecule is c1ccc(N2CCCCC2)c(CNc2ccc(N3CCCCC3)c3ncccc23)c1. The average molecular weight is 401 g/mol. The van der Waals surface area contributed by atoms with Crippen LogP contribution in [0.3, 0.4) is 0 Å². The Bertz CT molecular complexity index is 987. The fourth-order valence-corrected chi connectivity index (χ4v) is 5.00. The molecule has 0 unspecified atom stereocenters. The maximum atomic E-state index is 4.77. The molecule has 0 aliphatic carbocycles. The molecule has 1 N–H and O–H groups in total. The molecule has 2 saturated heterocycles. The number of benzene rings is 2. The third kappa shape index (κ3) is 3.96. The lowest BCUT2D eigenvalue weighted by Crippen LogP contribution is -2.30. The van der Waals surface area contributed by atoms with Gasteiger partial charge in [-0.05, 0) is 74.4 Å². The molecule has 4 nitrogen and oxygen atoms in total. The first-order valence-corrected chi connectivity index (χ1v) is 11.6. The normalized spacial score (nSPS) is 17.3. The maximum Gasteiger partial charge on any atom is 0.0956 e. The fraction of sp³-hybridized carbons (Fsp3) is 0.423. The van der Waals surface area contributed by atoms with Crippen molar-refractivity contribution in [3.63, 3.8) is 0 Å². The summed E-state index contributed by atoms with van der Waals surface area (Å²) in [6, 6.07) is 17.6. The zero-order valence-corrected chi connectivity index (χ0v) is 17.8. The van der Waals surface area contributed by atoms with Crippen LogP contribution in [0.25, 0.3) is 10.9 Å². The molecule has 3 heterocycles. The standard InChI is InChI=1S/C26H32N4/c1-5-16-29(17-6-1)24-12-4-3-10-21(24)20-28-23-13-14-25(30-18-7-2-8-19-30)26-22(23)11-9-15-27-26/h3-4,9-15,28H,1-2,5-8,16-20H2. The van der Waals surface area contributed by atoms with Crippen LogP contribution in [0, 0.1) is 0 Å². The van der Waals surface area contributed by atoms with E-state index in [0.717, 1.165) is 25.2 Å². The van der Waals surface area contributed by atoms with Crippen molar-refractivity contribution in [3.8, 4) is 0 Å². The van der Waals surface area contributed by atoms with Gasteiger partial charge in [0.25, 0.3) is 0 Å². The summed E-state index contributed by atoms with van der Waals surface area (Å²) in [6.45, 7) is 5.46. The first-order chi connectivity index (χ1) is 14.9. The van der Waals surface area contributed by atoms with Gasteiger partial charge in [-0.1, -0.05) is 18.2 Å². The van der Waals surface area contributed by atoms with E-state index in [9.17, 15) is 0 Å². The predicted molar refractivity (Wildman–Crippen MR) is 128 cm³/mol. The molecule has 2 fully saturated rings. The number of para-hydroxylation sites is 1. The number of piperidine rings is 2. The molecule has 5 rings (SSSR count). The first-order valence-electron chi connectivity index (χ1n) is 11.6. The first kappa shape index (κ1) is 19.2. The Morgan fingerprint density at radius 2 is 1.40 bits per heavy atom. The largest absolute Gasteiger partial charge is 0.380 e. The van der Waals surface area contributed by atoms with E-state index < -0.39 is 0 Å². The van der Waals surface area contributed by atoms with Gasteiger partial charge in [-0.25, -0.2) is 0 Å². The van der Waals surface area contributed by atoms with Crippen molar-refractivity contribution in [2.75, 3.05) is 41.3 Å². The Balaban J connectivity index is 1.40. The topological polar surface area (TPSA) is 31.4 Å². The summed E-state index contributed by atoms with van der Waals surface area (Å²) in [5.74, 6) is 0. The molecule has 3 aromatic rings. The molecule has 156 valence electrons. The number of aromatic nitrogens is 1. The van der Waals surface area contributed by atoms with Crippen LogP contribution in [-0.2, 0) is 6.54 Å². The van der Waals surface area contributed by atoms with Gasteiger partial charge in [0.2, 0.25) is 0 Å². The molecule has 2 aliphatic heterocycles. The molecule has 2 aliphatic rings. The number of nitrogens with zero attached hydrogens (tertiary/aromatic N) is 3. The quantitative estimate of drug-likeness (QED) is 0.584. The van der Waals surface area contributed by atoms with Gasteiger partial charge in [0.05, 0.1) is 11.2 Å². The van der Waals surface area contributed by atoms with E-state index in [4.69, 9.17) is 4.98 Å². The summed E-state index contributed by atoms with van der Waals surface area (Å²) in [5, 5.41) is 4.95. The summed E-state index contributed by atoms with van der Waals surface area (Å²) in [6.07, 6.45) is 9.79. The van der Waals surface area contributed by atoms with Gasteiger partial charge < -0.3 is 15.1 Å². The highest BCUT2D eigenvalue weighted by atomic mass is 15.1. The van der Waals surface area contributed by atoms with Crippen molar-refractivity contribution in [2.24, 2.45) is 0 Å². The molecule has 0 amide bonds. The van der Waals surface area contributed by atoms with Gasteiger partial charge in [-0.2, -0.15) is 0 Å². The second kappa shape index (κ2) is 8.95. The molecular formula is C26H32N4. The molecule has 0 radical (unpaired) electrons. The van der Waals surface area contributed by atoms with Crippen molar-refractivity contribution in [2.45, 2.75) is 45.1 Å². The molecule has 30 heavy (non-hydrogen) atoms. The third-order valence-corrected chi connectivity index (χ3v) is 6.60. The molecule has 0 bridgehead atoms. The van der Waals surface area contributed by atoms with E-state index in [1.807, 2.05) is 6.20 Å². The molecule has 0 spiro atoms. The second-order valence-corrected chi connectivity index (χ2v) is 8.61. The monoisotopic (exact) mass is 400 g/mol. The van der Waals surface area contributed by atoms with Crippen molar-refractivity contribution >= 4 is 28.0 Å². The van der Waals surface area contributed by atoms with E-state index in [1.54, 1.807) is 0 Å². The van der Waals surface area contributed by atoms with Crippen molar-refractivity contribution < 1.29 is 0 Å². The van der Waals surface area contributed by atoms with E-state index in [-0.39, 0.29) is 0 Å². The Hall–Kier alpha value is -2.75. The fourth-order valence-electron chi connectivity index (χ4n) is 5.00. The smallest absolute Gasteiger partial charge is 0.0956 e. The number of hydrogen-bond acceptors (Lipinski definition) is 4. The number of rotatable bonds is 5. The Morgan fingerprint density at radius 3 is 2.17 bits per heavy atom. The van der Waals surface area contributed by atoms with E-state index in [0.29, 0.717) is 0 Å². The summed E-state index contributed by atoms with van der Waals surface area (Å²) >= 11 is 0. The summed E-state index contributed by atoms with van der Waals surface area (Å²) in [4.78, 5) is 9.84. The minimum Gasteiger partial charge on any atom is -0.380 e. The van der Waals surface area contributed by atoms with Crippen LogP contribution in [0.5, 0.6) is 0 Å². The van der Waals surface area contributed by atoms with Gasteiger partial charge in [-0.3, -0.25) is 4.98 Å². The van der Waals surface area contributed by atoms with Gasteiger partial charge in [0, 0.05) is 55.7 Å². The molecule has 0 atom stereocenters. The van der Waals surface area contributed by atoms with Crippen LogP contribution < -0.4 is 15.1 Å². The van der Waals surface area contributed by atoms with Crippen LogP contribution in [0.2, 0.25) is 0 Å². The van der Waals surface area contributed by atoms with Gasteiger partial charge >= 0.3 is 0 Å². The lowest BCUT2D eigenvalue weighted by atomic mass is 10.1. The summed E-state index contributed by atoms with van der Waals surface area (Å²) in [5.41, 5.74) is 6.33. The summed E-state index contributed by atoms with van der Waals surface area (Å²) < 4.78 is 0. The van der Waals surface area contributed by atoms with Crippen LogP contribution in [0.15, 0.2) is 54.7 Å². The summed E-state index contributed by atoms with van der Waals surface area (Å²) in [7, 11) is 0. The number of fused-ring (bicyclic) bond motifs is 1. The van der Waals surface area contributed by atoms with E-state index >= 15 is 0 Å². The number of hydrogen-bond donors (Lipinski definition) is 1. The Kier molecular flexibility index (Phi) is 5.73. The van der Waals surface area contributed by atoms with Gasteiger partial charge in [0.1, 0.15) is 0 Å². The number of pyridine rings is 1. The highest BCUT2D eigenvalue weighted by Gasteiger charge is 2.17. The van der Waals surface area contributed by atoms with Crippen LogP contribution in [0.4, 0.5) is 17.1 Å². The molecule has 2 aromatic carbocycles. The lowest BCUT2D eigenvalue weighted by molar-refractivity contribution is 0.576. The Morgan fingerprint density at radius 1 is 0.700 bits per heavy atom. The second-order valence-electron chi connectivity index (χ2n) is 8.61. The van der Waals surface area contributed by atoms with Crippen LogP contribution in [0.1, 0.15) is 44.1 Å². The lowest BCUT2D eigenvalue weighted by Gasteiger charge is -2.31. The van der Waals surface area contributed by atoms with Gasteiger partial charge in [-0.15, -0.1) is 0 Å². The molecule has 1 aromatic heterocycles. The molecular weight excluding hydrogens is 368 g/mol. The number of nitrogens with one attached hydrogen (secondary N) is 1. The minimum absolute atomic E-state index is 0.833. The number of anilines is 3. The van der Waals surface area contributed by atoms with Crippen molar-refractivity contribution in [3.05, 3.63) is 60.3 Å². The van der Waals surface area contributed by atoms with Crippen molar-refractivity contribution in [1.82, 2.24) is 4.98 Å². The minimum atomic E-state index is 0.833. The predicted octanol–water partition coefficient (Wildman–Crippen LogP) is 5.83. The molecule has 0 saturated carbocycles. The zero-order chi connectivity index (χ0) is 20.2. The van der Waals surface area contributed by atoms with E-state index in [1.165, 1.54) is 79.6 Å². The van der Waals surface area contributed by atoms with Crippen molar-refractivity contribution in [1.29, 1.82) is 0 Å². The Labute approximate surface area is 179 Å².